The van der Waals surface area contributed by atoms with E-state index in [1.807, 2.05) is 13.0 Å². The molecule has 146 valence electrons. The van der Waals surface area contributed by atoms with Crippen LogP contribution >= 0.6 is 11.6 Å². The number of aromatic nitrogens is 2. The van der Waals surface area contributed by atoms with E-state index < -0.39 is 10.0 Å². The predicted octanol–water partition coefficient (Wildman–Crippen LogP) is 2.57. The molecule has 1 aliphatic rings. The molecular formula is C18H24ClN5O2S. The first-order valence-corrected chi connectivity index (χ1v) is 11.0. The van der Waals surface area contributed by atoms with Crippen LogP contribution in [0.5, 0.6) is 0 Å². The van der Waals surface area contributed by atoms with Crippen LogP contribution < -0.4 is 14.9 Å². The van der Waals surface area contributed by atoms with Crippen molar-refractivity contribution < 1.29 is 8.42 Å². The van der Waals surface area contributed by atoms with Crippen LogP contribution in [0, 0.1) is 6.92 Å². The van der Waals surface area contributed by atoms with Gasteiger partial charge < -0.3 is 10.2 Å². The summed E-state index contributed by atoms with van der Waals surface area (Å²) >= 11 is 5.82. The minimum Gasteiger partial charge on any atom is -0.369 e. The minimum atomic E-state index is -3.41. The van der Waals surface area contributed by atoms with Crippen molar-refractivity contribution in [2.45, 2.75) is 25.5 Å². The van der Waals surface area contributed by atoms with E-state index in [4.69, 9.17) is 11.6 Å². The average Bonchev–Trinajstić information content (AvgIpc) is 3.15. The van der Waals surface area contributed by atoms with Gasteiger partial charge in [-0.2, -0.15) is 0 Å². The molecule has 0 bridgehead atoms. The highest BCUT2D eigenvalue weighted by atomic mass is 35.5. The van der Waals surface area contributed by atoms with Crippen LogP contribution in [0.1, 0.15) is 24.2 Å². The van der Waals surface area contributed by atoms with Gasteiger partial charge in [0.2, 0.25) is 10.0 Å². The second kappa shape index (κ2) is 8.86. The van der Waals surface area contributed by atoms with Crippen LogP contribution in [0.15, 0.2) is 30.3 Å². The van der Waals surface area contributed by atoms with E-state index >= 15 is 0 Å². The lowest BCUT2D eigenvalue weighted by atomic mass is 10.2. The SMILES string of the molecule is Cc1nc(NCCNS(=O)(=O)Cc2ccc(Cl)cc2)cc(N2CCCC2)n1. The molecule has 1 saturated heterocycles. The third-order valence-corrected chi connectivity index (χ3v) is 5.89. The molecule has 0 atom stereocenters. The van der Waals surface area contributed by atoms with Crippen molar-refractivity contribution in [3.05, 3.63) is 46.7 Å². The molecule has 1 aromatic carbocycles. The second-order valence-electron chi connectivity index (χ2n) is 6.56. The van der Waals surface area contributed by atoms with Gasteiger partial charge >= 0.3 is 0 Å². The maximum absolute atomic E-state index is 12.2. The molecule has 0 saturated carbocycles. The third kappa shape index (κ3) is 6.05. The van der Waals surface area contributed by atoms with Gasteiger partial charge in [-0.3, -0.25) is 0 Å². The fourth-order valence-corrected chi connectivity index (χ4v) is 4.27. The molecule has 1 fully saturated rings. The van der Waals surface area contributed by atoms with E-state index in [9.17, 15) is 8.42 Å². The molecule has 1 aliphatic heterocycles. The molecule has 0 spiro atoms. The van der Waals surface area contributed by atoms with E-state index in [1.54, 1.807) is 24.3 Å². The fraction of sp³-hybridized carbons (Fsp3) is 0.444. The second-order valence-corrected chi connectivity index (χ2v) is 8.80. The lowest BCUT2D eigenvalue weighted by Gasteiger charge is -2.17. The van der Waals surface area contributed by atoms with Gasteiger partial charge in [-0.25, -0.2) is 23.1 Å². The highest BCUT2D eigenvalue weighted by Crippen LogP contribution is 2.20. The molecule has 2 heterocycles. The number of hydrogen-bond donors (Lipinski definition) is 2. The van der Waals surface area contributed by atoms with Gasteiger partial charge in [-0.05, 0) is 37.5 Å². The molecule has 9 heteroatoms. The smallest absolute Gasteiger partial charge is 0.215 e. The lowest BCUT2D eigenvalue weighted by Crippen LogP contribution is -2.30. The van der Waals surface area contributed by atoms with Crippen LogP contribution in [-0.4, -0.2) is 44.6 Å². The number of hydrogen-bond acceptors (Lipinski definition) is 6. The van der Waals surface area contributed by atoms with Gasteiger partial charge in [0.15, 0.2) is 0 Å². The number of benzene rings is 1. The molecule has 1 aromatic heterocycles. The largest absolute Gasteiger partial charge is 0.369 e. The van der Waals surface area contributed by atoms with Gasteiger partial charge in [0.05, 0.1) is 5.75 Å². The highest BCUT2D eigenvalue weighted by molar-refractivity contribution is 7.88. The predicted molar refractivity (Wildman–Crippen MR) is 109 cm³/mol. The van der Waals surface area contributed by atoms with Gasteiger partial charge in [0.25, 0.3) is 0 Å². The summed E-state index contributed by atoms with van der Waals surface area (Å²) in [5.74, 6) is 2.26. The Labute approximate surface area is 165 Å². The van der Waals surface area contributed by atoms with Crippen molar-refractivity contribution in [2.75, 3.05) is 36.4 Å². The van der Waals surface area contributed by atoms with Gasteiger partial charge in [0.1, 0.15) is 17.5 Å². The monoisotopic (exact) mass is 409 g/mol. The van der Waals surface area contributed by atoms with Crippen molar-refractivity contribution in [3.8, 4) is 0 Å². The fourth-order valence-electron chi connectivity index (χ4n) is 3.00. The van der Waals surface area contributed by atoms with Gasteiger partial charge in [-0.15, -0.1) is 0 Å². The van der Waals surface area contributed by atoms with Crippen LogP contribution in [0.25, 0.3) is 0 Å². The summed E-state index contributed by atoms with van der Waals surface area (Å²) in [5, 5.41) is 3.76. The molecule has 0 amide bonds. The molecule has 0 aliphatic carbocycles. The summed E-state index contributed by atoms with van der Waals surface area (Å²) in [6.07, 6.45) is 2.36. The van der Waals surface area contributed by atoms with Crippen molar-refractivity contribution in [1.29, 1.82) is 0 Å². The number of anilines is 2. The van der Waals surface area contributed by atoms with Crippen LogP contribution in [0.4, 0.5) is 11.6 Å². The summed E-state index contributed by atoms with van der Waals surface area (Å²) in [4.78, 5) is 11.1. The number of aryl methyl sites for hydroxylation is 1. The summed E-state index contributed by atoms with van der Waals surface area (Å²) in [7, 11) is -3.41. The summed E-state index contributed by atoms with van der Waals surface area (Å²) in [6.45, 7) is 4.61. The summed E-state index contributed by atoms with van der Waals surface area (Å²) < 4.78 is 26.9. The quantitative estimate of drug-likeness (QED) is 0.651. The zero-order chi connectivity index (χ0) is 19.3. The standard InChI is InChI=1S/C18H24ClN5O2S/c1-14-22-17(12-18(23-14)24-10-2-3-11-24)20-8-9-21-27(25,26)13-15-4-6-16(19)7-5-15/h4-7,12,21H,2-3,8-11,13H2,1H3,(H,20,22,23). The van der Waals surface area contributed by atoms with E-state index in [0.717, 1.165) is 18.9 Å². The zero-order valence-corrected chi connectivity index (χ0v) is 16.9. The Morgan fingerprint density at radius 2 is 1.81 bits per heavy atom. The maximum Gasteiger partial charge on any atom is 0.215 e. The first-order valence-electron chi connectivity index (χ1n) is 8.97. The normalized spacial score (nSPS) is 14.5. The molecular weight excluding hydrogens is 386 g/mol. The van der Waals surface area contributed by atoms with Crippen molar-refractivity contribution in [2.24, 2.45) is 0 Å². The van der Waals surface area contributed by atoms with E-state index in [0.29, 0.717) is 28.8 Å². The lowest BCUT2D eigenvalue weighted by molar-refractivity contribution is 0.582. The number of nitrogens with zero attached hydrogens (tertiary/aromatic N) is 3. The topological polar surface area (TPSA) is 87.2 Å². The number of sulfonamides is 1. The van der Waals surface area contributed by atoms with Gasteiger partial charge in [-0.1, -0.05) is 23.7 Å². The van der Waals surface area contributed by atoms with Crippen LogP contribution in [-0.2, 0) is 15.8 Å². The Hall–Kier alpha value is -1.90. The van der Waals surface area contributed by atoms with E-state index in [-0.39, 0.29) is 12.3 Å². The minimum absolute atomic E-state index is 0.0735. The van der Waals surface area contributed by atoms with Crippen molar-refractivity contribution in [1.82, 2.24) is 14.7 Å². The molecule has 3 rings (SSSR count). The van der Waals surface area contributed by atoms with E-state index in [1.165, 1.54) is 12.8 Å². The molecule has 2 aromatic rings. The van der Waals surface area contributed by atoms with Crippen molar-refractivity contribution in [3.63, 3.8) is 0 Å². The average molecular weight is 410 g/mol. The van der Waals surface area contributed by atoms with E-state index in [2.05, 4.69) is 24.9 Å². The third-order valence-electron chi connectivity index (χ3n) is 4.28. The van der Waals surface area contributed by atoms with Gasteiger partial charge in [0, 0.05) is 37.3 Å². The molecule has 2 N–H and O–H groups in total. The van der Waals surface area contributed by atoms with Crippen LogP contribution in [0.3, 0.4) is 0 Å². The molecule has 7 nitrogen and oxygen atoms in total. The Kier molecular flexibility index (Phi) is 6.51. The number of rotatable bonds is 8. The first kappa shape index (κ1) is 19.9. The Bertz CT molecular complexity index is 868. The Morgan fingerprint density at radius 3 is 2.52 bits per heavy atom. The van der Waals surface area contributed by atoms with Crippen LogP contribution in [0.2, 0.25) is 5.02 Å². The Balaban J connectivity index is 1.50. The van der Waals surface area contributed by atoms with Crippen molar-refractivity contribution >= 4 is 33.3 Å². The zero-order valence-electron chi connectivity index (χ0n) is 15.3. The number of halogens is 1. The summed E-state index contributed by atoms with van der Waals surface area (Å²) in [5.41, 5.74) is 0.696. The number of nitrogens with one attached hydrogen (secondary N) is 2. The molecule has 0 radical (unpaired) electrons. The summed E-state index contributed by atoms with van der Waals surface area (Å²) in [6, 6.07) is 8.71. The molecule has 0 unspecified atom stereocenters. The highest BCUT2D eigenvalue weighted by Gasteiger charge is 2.15. The Morgan fingerprint density at radius 1 is 1.11 bits per heavy atom. The first-order chi connectivity index (χ1) is 12.9. The maximum atomic E-state index is 12.2. The molecule has 27 heavy (non-hydrogen) atoms.